The van der Waals surface area contributed by atoms with Gasteiger partial charge in [0, 0.05) is 56.6 Å². The Kier molecular flexibility index (Phi) is 14.5. The second-order valence-electron chi connectivity index (χ2n) is 13.3. The van der Waals surface area contributed by atoms with Crippen LogP contribution in [0, 0.1) is 0 Å². The van der Waals surface area contributed by atoms with Crippen molar-refractivity contribution in [3.8, 4) is 5.75 Å². The van der Waals surface area contributed by atoms with Crippen molar-refractivity contribution in [2.45, 2.75) is 117 Å². The molecule has 0 saturated carbocycles. The summed E-state index contributed by atoms with van der Waals surface area (Å²) in [6, 6.07) is 7.07. The van der Waals surface area contributed by atoms with Crippen molar-refractivity contribution >= 4 is 17.7 Å². The first kappa shape index (κ1) is 37.0. The molecule has 3 rings (SSSR count). The van der Waals surface area contributed by atoms with Crippen molar-refractivity contribution in [2.75, 3.05) is 33.0 Å². The van der Waals surface area contributed by atoms with Crippen LogP contribution in [0.3, 0.4) is 0 Å². The van der Waals surface area contributed by atoms with Crippen molar-refractivity contribution in [1.82, 2.24) is 30.9 Å². The summed E-state index contributed by atoms with van der Waals surface area (Å²) in [5, 5.41) is 17.8. The SMILES string of the molecule is CC(=O)NC(C)(C)CCOCCOC1CCCCCc2nnn(CCCNC(=O)c3ccc(OCCC(C)(C)NC(C)=O)cc3)c21. The van der Waals surface area contributed by atoms with Gasteiger partial charge in [0.1, 0.15) is 11.9 Å². The third-order valence-electron chi connectivity index (χ3n) is 7.92. The van der Waals surface area contributed by atoms with E-state index in [9.17, 15) is 14.4 Å². The van der Waals surface area contributed by atoms with Gasteiger partial charge in [-0.15, -0.1) is 5.10 Å². The maximum Gasteiger partial charge on any atom is 0.251 e. The fourth-order valence-corrected chi connectivity index (χ4v) is 5.57. The van der Waals surface area contributed by atoms with Crippen LogP contribution < -0.4 is 20.7 Å². The van der Waals surface area contributed by atoms with Gasteiger partial charge in [0.25, 0.3) is 5.91 Å². The molecule has 2 aromatic rings. The van der Waals surface area contributed by atoms with Gasteiger partial charge >= 0.3 is 0 Å². The Balaban J connectivity index is 1.43. The monoisotopic (exact) mass is 642 g/mol. The van der Waals surface area contributed by atoms with Crippen LogP contribution in [0.25, 0.3) is 0 Å². The van der Waals surface area contributed by atoms with E-state index < -0.39 is 0 Å². The van der Waals surface area contributed by atoms with Crippen molar-refractivity contribution in [3.05, 3.63) is 41.2 Å². The molecule has 1 heterocycles. The Morgan fingerprint density at radius 3 is 2.24 bits per heavy atom. The van der Waals surface area contributed by atoms with E-state index in [0.29, 0.717) is 70.1 Å². The summed E-state index contributed by atoms with van der Waals surface area (Å²) < 4.78 is 19.9. The molecule has 256 valence electrons. The molecule has 0 fully saturated rings. The average Bonchev–Trinajstić information content (AvgIpc) is 3.34. The highest BCUT2D eigenvalue weighted by Crippen LogP contribution is 2.30. The molecule has 1 aliphatic rings. The number of aromatic nitrogens is 3. The molecular formula is C34H54N6O6. The number of carbonyl (C=O) groups is 3. The first-order valence-electron chi connectivity index (χ1n) is 16.6. The van der Waals surface area contributed by atoms with Crippen LogP contribution >= 0.6 is 0 Å². The molecule has 0 saturated heterocycles. The molecule has 0 spiro atoms. The van der Waals surface area contributed by atoms with Crippen LogP contribution in [0.15, 0.2) is 24.3 Å². The first-order chi connectivity index (χ1) is 21.8. The zero-order valence-electron chi connectivity index (χ0n) is 28.6. The van der Waals surface area contributed by atoms with Gasteiger partial charge in [0.05, 0.1) is 31.2 Å². The zero-order valence-corrected chi connectivity index (χ0v) is 28.6. The maximum atomic E-state index is 12.8. The van der Waals surface area contributed by atoms with E-state index in [1.165, 1.54) is 13.8 Å². The fraction of sp³-hybridized carbons (Fsp3) is 0.676. The van der Waals surface area contributed by atoms with E-state index in [2.05, 4.69) is 26.3 Å². The molecule has 0 aliphatic heterocycles. The van der Waals surface area contributed by atoms with Crippen molar-refractivity contribution in [3.63, 3.8) is 0 Å². The number of hydrogen-bond acceptors (Lipinski definition) is 8. The summed E-state index contributed by atoms with van der Waals surface area (Å²) in [7, 11) is 0. The van der Waals surface area contributed by atoms with Gasteiger partial charge in [-0.1, -0.05) is 18.1 Å². The number of amides is 3. The molecular weight excluding hydrogens is 588 g/mol. The number of benzene rings is 1. The van der Waals surface area contributed by atoms with Crippen LogP contribution in [0.2, 0.25) is 0 Å². The molecule has 46 heavy (non-hydrogen) atoms. The number of rotatable bonds is 18. The highest BCUT2D eigenvalue weighted by atomic mass is 16.5. The molecule has 3 N–H and O–H groups in total. The van der Waals surface area contributed by atoms with Gasteiger partial charge in [-0.05, 0) is 84.1 Å². The largest absolute Gasteiger partial charge is 0.494 e. The Morgan fingerprint density at radius 2 is 1.57 bits per heavy atom. The molecule has 1 aliphatic carbocycles. The molecule has 3 amide bonds. The second-order valence-corrected chi connectivity index (χ2v) is 13.3. The van der Waals surface area contributed by atoms with Crippen molar-refractivity contribution in [1.29, 1.82) is 0 Å². The smallest absolute Gasteiger partial charge is 0.251 e. The summed E-state index contributed by atoms with van der Waals surface area (Å²) in [5.41, 5.74) is 1.92. The predicted molar refractivity (Wildman–Crippen MR) is 176 cm³/mol. The molecule has 1 unspecified atom stereocenters. The van der Waals surface area contributed by atoms with Gasteiger partial charge in [-0.25, -0.2) is 4.68 Å². The van der Waals surface area contributed by atoms with Gasteiger partial charge in [0.15, 0.2) is 0 Å². The summed E-state index contributed by atoms with van der Waals surface area (Å²) in [5.74, 6) is 0.413. The second kappa shape index (κ2) is 18.0. The van der Waals surface area contributed by atoms with Crippen LogP contribution in [0.5, 0.6) is 5.75 Å². The number of nitrogens with zero attached hydrogens (tertiary/aromatic N) is 3. The topological polar surface area (TPSA) is 146 Å². The number of hydrogen-bond donors (Lipinski definition) is 3. The van der Waals surface area contributed by atoms with Gasteiger partial charge in [0.2, 0.25) is 11.8 Å². The standard InChI is InChI=1S/C34H54N6O6/c1-25(41)36-33(3,4)17-21-44-23-24-46-30-12-9-7-8-11-29-31(30)40(39-38-29)20-10-19-35-32(43)27-13-15-28(16-14-27)45-22-18-34(5,6)37-26(2)42/h13-16,30H,7-12,17-24H2,1-6H3,(H,35,43)(H,36,41)(H,37,42). The lowest BCUT2D eigenvalue weighted by Gasteiger charge is -2.25. The summed E-state index contributed by atoms with van der Waals surface area (Å²) in [6.07, 6.45) is 7.06. The maximum absolute atomic E-state index is 12.8. The molecule has 1 atom stereocenters. The molecule has 0 radical (unpaired) electrons. The summed E-state index contributed by atoms with van der Waals surface area (Å²) in [6.45, 7) is 13.9. The number of ether oxygens (including phenoxy) is 3. The van der Waals surface area contributed by atoms with Crippen molar-refractivity contribution < 1.29 is 28.6 Å². The minimum absolute atomic E-state index is 0.0462. The van der Waals surface area contributed by atoms with E-state index >= 15 is 0 Å². The minimum Gasteiger partial charge on any atom is -0.494 e. The Morgan fingerprint density at radius 1 is 0.891 bits per heavy atom. The number of carbonyl (C=O) groups excluding carboxylic acids is 3. The van der Waals surface area contributed by atoms with Crippen LogP contribution in [-0.4, -0.2) is 76.8 Å². The lowest BCUT2D eigenvalue weighted by Crippen LogP contribution is -2.43. The minimum atomic E-state index is -0.354. The van der Waals surface area contributed by atoms with E-state index in [1.54, 1.807) is 24.3 Å². The third kappa shape index (κ3) is 13.1. The Labute approximate surface area is 273 Å². The summed E-state index contributed by atoms with van der Waals surface area (Å²) in [4.78, 5) is 35.4. The fourth-order valence-electron chi connectivity index (χ4n) is 5.57. The van der Waals surface area contributed by atoms with Crippen LogP contribution in [-0.2, 0) is 32.0 Å². The van der Waals surface area contributed by atoms with Gasteiger partial charge in [-0.3, -0.25) is 14.4 Å². The number of nitrogens with one attached hydrogen (secondary N) is 3. The molecule has 12 heteroatoms. The van der Waals surface area contributed by atoms with Gasteiger partial charge in [-0.2, -0.15) is 0 Å². The van der Waals surface area contributed by atoms with E-state index in [1.807, 2.05) is 32.4 Å². The van der Waals surface area contributed by atoms with Crippen LogP contribution in [0.4, 0.5) is 0 Å². The average molecular weight is 643 g/mol. The molecule has 1 aromatic heterocycles. The highest BCUT2D eigenvalue weighted by molar-refractivity contribution is 5.94. The first-order valence-corrected chi connectivity index (χ1v) is 16.6. The van der Waals surface area contributed by atoms with E-state index in [4.69, 9.17) is 14.2 Å². The Bertz CT molecular complexity index is 1260. The third-order valence-corrected chi connectivity index (χ3v) is 7.92. The van der Waals surface area contributed by atoms with Crippen LogP contribution in [0.1, 0.15) is 114 Å². The van der Waals surface area contributed by atoms with Crippen molar-refractivity contribution in [2.24, 2.45) is 0 Å². The van der Waals surface area contributed by atoms with E-state index in [0.717, 1.165) is 43.5 Å². The van der Waals surface area contributed by atoms with E-state index in [-0.39, 0.29) is 34.9 Å². The predicted octanol–water partition coefficient (Wildman–Crippen LogP) is 4.28. The molecule has 1 aromatic carbocycles. The lowest BCUT2D eigenvalue weighted by molar-refractivity contribution is -0.121. The number of fused-ring (bicyclic) bond motifs is 1. The molecule has 12 nitrogen and oxygen atoms in total. The normalized spacial score (nSPS) is 15.3. The highest BCUT2D eigenvalue weighted by Gasteiger charge is 2.25. The number of aryl methyl sites for hydroxylation is 2. The quantitative estimate of drug-likeness (QED) is 0.204. The zero-order chi connectivity index (χ0) is 33.6. The van der Waals surface area contributed by atoms with Gasteiger partial charge < -0.3 is 30.2 Å². The lowest BCUT2D eigenvalue weighted by atomic mass is 9.98. The summed E-state index contributed by atoms with van der Waals surface area (Å²) >= 11 is 0. The molecule has 0 bridgehead atoms. The Hall–Kier alpha value is -3.51.